The van der Waals surface area contributed by atoms with Gasteiger partial charge in [-0.3, -0.25) is 0 Å². The fourth-order valence-electron chi connectivity index (χ4n) is 0.387. The van der Waals surface area contributed by atoms with Crippen molar-refractivity contribution in [2.45, 2.75) is 20.8 Å². The van der Waals surface area contributed by atoms with Crippen molar-refractivity contribution >= 4 is 23.2 Å². The molecule has 58 valence electrons. The molecule has 0 aromatic rings. The molecule has 0 aliphatic carbocycles. The highest BCUT2D eigenvalue weighted by atomic mass is 35.5. The molecule has 2 heteroatoms. The summed E-state index contributed by atoms with van der Waals surface area (Å²) in [5, 5.41) is 1.58. The SMILES string of the molecule is C/C(Cl)=C\C=C(\Cl)C(C)C. The standard InChI is InChI=1S/C8H12Cl2/c1-6(2)8(10)5-4-7(3)9/h4-6H,1-3H3/b7-4+,8-5+. The molecule has 0 unspecified atom stereocenters. The van der Waals surface area contributed by atoms with Crippen molar-refractivity contribution in [2.24, 2.45) is 5.92 Å². The van der Waals surface area contributed by atoms with Crippen LogP contribution in [0.3, 0.4) is 0 Å². The summed E-state index contributed by atoms with van der Waals surface area (Å²) in [5.74, 6) is 0.383. The van der Waals surface area contributed by atoms with Crippen LogP contribution < -0.4 is 0 Å². The van der Waals surface area contributed by atoms with Crippen LogP contribution in [0.1, 0.15) is 20.8 Å². The molecule has 10 heavy (non-hydrogen) atoms. The van der Waals surface area contributed by atoms with Crippen LogP contribution in [0.25, 0.3) is 0 Å². The van der Waals surface area contributed by atoms with Gasteiger partial charge in [-0.2, -0.15) is 0 Å². The average molecular weight is 179 g/mol. The molecule has 0 heterocycles. The van der Waals surface area contributed by atoms with E-state index in [-0.39, 0.29) is 0 Å². The predicted octanol–water partition coefficient (Wildman–Crippen LogP) is 3.91. The molecule has 0 aromatic carbocycles. The largest absolute Gasteiger partial charge is 0.0895 e. The number of hydrogen-bond acceptors (Lipinski definition) is 0. The average Bonchev–Trinajstić information content (AvgIpc) is 1.82. The van der Waals surface area contributed by atoms with Gasteiger partial charge in [0.15, 0.2) is 0 Å². The quantitative estimate of drug-likeness (QED) is 0.563. The Hall–Kier alpha value is 0.0600. The maximum Gasteiger partial charge on any atom is 0.0206 e. The maximum atomic E-state index is 5.82. The lowest BCUT2D eigenvalue weighted by molar-refractivity contribution is 0.813. The second-order valence-corrected chi connectivity index (χ2v) is 3.49. The minimum Gasteiger partial charge on any atom is -0.0895 e. The number of halogens is 2. The van der Waals surface area contributed by atoms with Gasteiger partial charge in [0.25, 0.3) is 0 Å². The summed E-state index contributed by atoms with van der Waals surface area (Å²) in [5.41, 5.74) is 0. The van der Waals surface area contributed by atoms with E-state index in [4.69, 9.17) is 23.2 Å². The lowest BCUT2D eigenvalue weighted by atomic mass is 10.2. The van der Waals surface area contributed by atoms with Crippen LogP contribution in [0, 0.1) is 5.92 Å². The molecule has 0 bridgehead atoms. The van der Waals surface area contributed by atoms with Crippen molar-refractivity contribution < 1.29 is 0 Å². The highest BCUT2D eigenvalue weighted by Crippen LogP contribution is 2.14. The Balaban J connectivity index is 4.05. The van der Waals surface area contributed by atoms with Crippen molar-refractivity contribution in [1.82, 2.24) is 0 Å². The summed E-state index contributed by atoms with van der Waals surface area (Å²) in [7, 11) is 0. The van der Waals surface area contributed by atoms with Crippen molar-refractivity contribution in [3.05, 3.63) is 22.2 Å². The molecule has 0 aliphatic heterocycles. The Labute approximate surface area is 72.5 Å². The van der Waals surface area contributed by atoms with E-state index in [9.17, 15) is 0 Å². The van der Waals surface area contributed by atoms with Gasteiger partial charge in [0.05, 0.1) is 0 Å². The Bertz CT molecular complexity index is 151. The van der Waals surface area contributed by atoms with Gasteiger partial charge >= 0.3 is 0 Å². The van der Waals surface area contributed by atoms with E-state index in [1.807, 2.05) is 26.8 Å². The number of rotatable bonds is 2. The van der Waals surface area contributed by atoms with Crippen LogP contribution in [0.15, 0.2) is 22.2 Å². The molecule has 0 aliphatic rings. The Morgan fingerprint density at radius 3 is 2.00 bits per heavy atom. The molecule has 0 amide bonds. The maximum absolute atomic E-state index is 5.82. The molecular weight excluding hydrogens is 167 g/mol. The van der Waals surface area contributed by atoms with Gasteiger partial charge < -0.3 is 0 Å². The molecule has 0 spiro atoms. The van der Waals surface area contributed by atoms with Crippen LogP contribution in [-0.4, -0.2) is 0 Å². The summed E-state index contributed by atoms with van der Waals surface area (Å²) >= 11 is 11.4. The van der Waals surface area contributed by atoms with Gasteiger partial charge in [-0.25, -0.2) is 0 Å². The van der Waals surface area contributed by atoms with Crippen LogP contribution in [-0.2, 0) is 0 Å². The molecule has 0 atom stereocenters. The third-order valence-electron chi connectivity index (χ3n) is 1.02. The summed E-state index contributed by atoms with van der Waals surface area (Å²) in [6.45, 7) is 5.90. The number of allylic oxidation sites excluding steroid dienone is 4. The van der Waals surface area contributed by atoms with Crippen molar-refractivity contribution in [3.8, 4) is 0 Å². The summed E-state index contributed by atoms with van der Waals surface area (Å²) < 4.78 is 0. The smallest absolute Gasteiger partial charge is 0.0206 e. The fourth-order valence-corrected chi connectivity index (χ4v) is 0.513. The van der Waals surface area contributed by atoms with Crippen molar-refractivity contribution in [1.29, 1.82) is 0 Å². The Kier molecular flexibility index (Phi) is 4.84. The minimum absolute atomic E-state index is 0.383. The van der Waals surface area contributed by atoms with Crippen molar-refractivity contribution in [2.75, 3.05) is 0 Å². The topological polar surface area (TPSA) is 0 Å². The van der Waals surface area contributed by atoms with Gasteiger partial charge in [-0.15, -0.1) is 0 Å². The lowest BCUT2D eigenvalue weighted by Crippen LogP contribution is -1.83. The van der Waals surface area contributed by atoms with E-state index in [1.165, 1.54) is 0 Å². The molecule has 0 saturated heterocycles. The fraction of sp³-hybridized carbons (Fsp3) is 0.500. The first-order chi connectivity index (χ1) is 4.54. The highest BCUT2D eigenvalue weighted by molar-refractivity contribution is 6.31. The number of hydrogen-bond donors (Lipinski definition) is 0. The third kappa shape index (κ3) is 4.89. The molecule has 0 rings (SSSR count). The van der Waals surface area contributed by atoms with Gasteiger partial charge in [0.1, 0.15) is 0 Å². The molecule has 0 N–H and O–H groups in total. The molecule has 0 radical (unpaired) electrons. The van der Waals surface area contributed by atoms with Gasteiger partial charge in [0, 0.05) is 10.1 Å². The van der Waals surface area contributed by atoms with E-state index >= 15 is 0 Å². The molecular formula is C8H12Cl2. The zero-order chi connectivity index (χ0) is 8.15. The summed E-state index contributed by atoms with van der Waals surface area (Å²) in [6.07, 6.45) is 3.62. The van der Waals surface area contributed by atoms with Crippen LogP contribution in [0.5, 0.6) is 0 Å². The third-order valence-corrected chi connectivity index (χ3v) is 1.71. The van der Waals surface area contributed by atoms with Crippen LogP contribution >= 0.6 is 23.2 Å². The normalized spacial score (nSPS) is 14.6. The summed E-state index contributed by atoms with van der Waals surface area (Å²) in [6, 6.07) is 0. The lowest BCUT2D eigenvalue weighted by Gasteiger charge is -1.98. The van der Waals surface area contributed by atoms with E-state index in [0.717, 1.165) is 10.1 Å². The first-order valence-electron chi connectivity index (χ1n) is 3.23. The molecule has 0 aromatic heterocycles. The second-order valence-electron chi connectivity index (χ2n) is 2.46. The first kappa shape index (κ1) is 10.1. The van der Waals surface area contributed by atoms with E-state index in [1.54, 1.807) is 6.08 Å². The van der Waals surface area contributed by atoms with E-state index in [2.05, 4.69) is 0 Å². The Morgan fingerprint density at radius 1 is 1.20 bits per heavy atom. The second kappa shape index (κ2) is 4.81. The monoisotopic (exact) mass is 178 g/mol. The predicted molar refractivity (Wildman–Crippen MR) is 48.4 cm³/mol. The first-order valence-corrected chi connectivity index (χ1v) is 3.99. The molecule has 0 fully saturated rings. The van der Waals surface area contributed by atoms with E-state index in [0.29, 0.717) is 5.92 Å². The van der Waals surface area contributed by atoms with Crippen LogP contribution in [0.4, 0.5) is 0 Å². The summed E-state index contributed by atoms with van der Waals surface area (Å²) in [4.78, 5) is 0. The minimum atomic E-state index is 0.383. The van der Waals surface area contributed by atoms with Gasteiger partial charge in [0.2, 0.25) is 0 Å². The zero-order valence-corrected chi connectivity index (χ0v) is 8.00. The van der Waals surface area contributed by atoms with Gasteiger partial charge in [-0.05, 0) is 25.0 Å². The Morgan fingerprint density at radius 2 is 1.70 bits per heavy atom. The molecule has 0 saturated carbocycles. The zero-order valence-electron chi connectivity index (χ0n) is 6.49. The molecule has 0 nitrogen and oxygen atoms in total. The highest BCUT2D eigenvalue weighted by Gasteiger charge is 1.95. The van der Waals surface area contributed by atoms with Crippen molar-refractivity contribution in [3.63, 3.8) is 0 Å². The van der Waals surface area contributed by atoms with Gasteiger partial charge in [-0.1, -0.05) is 37.0 Å². The van der Waals surface area contributed by atoms with E-state index < -0.39 is 0 Å². The van der Waals surface area contributed by atoms with Crippen LogP contribution in [0.2, 0.25) is 0 Å².